The molecule has 1 aromatic rings. The van der Waals surface area contributed by atoms with Gasteiger partial charge in [0, 0.05) is 24.2 Å². The van der Waals surface area contributed by atoms with Gasteiger partial charge in [-0.3, -0.25) is 4.90 Å². The summed E-state index contributed by atoms with van der Waals surface area (Å²) >= 11 is 0. The van der Waals surface area contributed by atoms with E-state index in [0.717, 1.165) is 12.5 Å². The van der Waals surface area contributed by atoms with Gasteiger partial charge in [0.2, 0.25) is 0 Å². The van der Waals surface area contributed by atoms with Gasteiger partial charge in [0.1, 0.15) is 0 Å². The summed E-state index contributed by atoms with van der Waals surface area (Å²) in [6.07, 6.45) is 2.64. The Morgan fingerprint density at radius 1 is 1.19 bits per heavy atom. The summed E-state index contributed by atoms with van der Waals surface area (Å²) in [6.45, 7) is 13.8. The van der Waals surface area contributed by atoms with Crippen LogP contribution in [0.25, 0.3) is 0 Å². The van der Waals surface area contributed by atoms with E-state index in [1.807, 2.05) is 0 Å². The molecule has 3 unspecified atom stereocenters. The van der Waals surface area contributed by atoms with Crippen molar-refractivity contribution in [3.63, 3.8) is 0 Å². The van der Waals surface area contributed by atoms with Crippen LogP contribution in [0.3, 0.4) is 0 Å². The van der Waals surface area contributed by atoms with E-state index < -0.39 is 0 Å². The number of hydrogen-bond acceptors (Lipinski definition) is 2. The lowest BCUT2D eigenvalue weighted by atomic mass is 9.90. The highest BCUT2D eigenvalue weighted by Gasteiger charge is 2.30. The van der Waals surface area contributed by atoms with Crippen LogP contribution in [-0.2, 0) is 0 Å². The van der Waals surface area contributed by atoms with E-state index in [-0.39, 0.29) is 5.54 Å². The maximum absolute atomic E-state index is 3.71. The van der Waals surface area contributed by atoms with E-state index in [0.29, 0.717) is 12.1 Å². The molecule has 0 spiro atoms. The Kier molecular flexibility index (Phi) is 5.45. The smallest absolute Gasteiger partial charge is 0.0475 e. The summed E-state index contributed by atoms with van der Waals surface area (Å²) in [5.41, 5.74) is 1.61. The van der Waals surface area contributed by atoms with Gasteiger partial charge in [-0.05, 0) is 58.6 Å². The Balaban J connectivity index is 2.15. The Labute approximate surface area is 130 Å². The summed E-state index contributed by atoms with van der Waals surface area (Å²) in [5, 5.41) is 3.71. The molecule has 0 radical (unpaired) electrons. The minimum absolute atomic E-state index is 0.166. The average molecular weight is 288 g/mol. The summed E-state index contributed by atoms with van der Waals surface area (Å²) in [7, 11) is 0. The third-order valence-corrected chi connectivity index (χ3v) is 4.60. The van der Waals surface area contributed by atoms with Gasteiger partial charge in [-0.15, -0.1) is 0 Å². The minimum Gasteiger partial charge on any atom is -0.310 e. The van der Waals surface area contributed by atoms with Gasteiger partial charge < -0.3 is 5.32 Å². The molecule has 0 amide bonds. The third-order valence-electron chi connectivity index (χ3n) is 4.60. The van der Waals surface area contributed by atoms with E-state index in [4.69, 9.17) is 0 Å². The van der Waals surface area contributed by atoms with Crippen molar-refractivity contribution in [1.82, 2.24) is 10.2 Å². The highest BCUT2D eigenvalue weighted by Crippen LogP contribution is 2.30. The van der Waals surface area contributed by atoms with Crippen LogP contribution < -0.4 is 5.32 Å². The highest BCUT2D eigenvalue weighted by molar-refractivity contribution is 5.20. The van der Waals surface area contributed by atoms with Gasteiger partial charge in [0.25, 0.3) is 0 Å². The van der Waals surface area contributed by atoms with Crippen LogP contribution in [0.4, 0.5) is 0 Å². The first-order valence-corrected chi connectivity index (χ1v) is 8.42. The lowest BCUT2D eigenvalue weighted by Crippen LogP contribution is -2.48. The number of benzene rings is 1. The van der Waals surface area contributed by atoms with Crippen LogP contribution in [0.15, 0.2) is 30.3 Å². The van der Waals surface area contributed by atoms with Gasteiger partial charge in [-0.25, -0.2) is 0 Å². The van der Waals surface area contributed by atoms with Gasteiger partial charge in [-0.1, -0.05) is 37.3 Å². The van der Waals surface area contributed by atoms with Crippen molar-refractivity contribution in [3.05, 3.63) is 35.9 Å². The first-order valence-electron chi connectivity index (χ1n) is 8.42. The van der Waals surface area contributed by atoms with Crippen molar-refractivity contribution in [2.45, 2.75) is 65.1 Å². The number of likely N-dealkylation sites (tertiary alicyclic amines) is 1. The van der Waals surface area contributed by atoms with Crippen molar-refractivity contribution in [3.8, 4) is 0 Å². The van der Waals surface area contributed by atoms with E-state index in [9.17, 15) is 0 Å². The topological polar surface area (TPSA) is 15.3 Å². The van der Waals surface area contributed by atoms with E-state index in [2.05, 4.69) is 75.2 Å². The number of hydrogen-bond donors (Lipinski definition) is 1. The SMILES string of the molecule is CC1CCN(C(CNC(C)(C)C)c2ccccc2)C(C)C1. The predicted molar refractivity (Wildman–Crippen MR) is 91.5 cm³/mol. The van der Waals surface area contributed by atoms with Crippen molar-refractivity contribution < 1.29 is 0 Å². The van der Waals surface area contributed by atoms with E-state index >= 15 is 0 Å². The second kappa shape index (κ2) is 6.93. The molecule has 1 aliphatic rings. The molecule has 0 saturated carbocycles. The Morgan fingerprint density at radius 2 is 1.86 bits per heavy atom. The zero-order valence-corrected chi connectivity index (χ0v) is 14.4. The molecule has 0 bridgehead atoms. The predicted octanol–water partition coefficient (Wildman–Crippen LogP) is 4.24. The summed E-state index contributed by atoms with van der Waals surface area (Å²) < 4.78 is 0. The molecule has 0 aliphatic carbocycles. The average Bonchev–Trinajstić information content (AvgIpc) is 2.41. The molecular formula is C19H32N2. The molecule has 1 N–H and O–H groups in total. The van der Waals surface area contributed by atoms with E-state index in [1.54, 1.807) is 0 Å². The fourth-order valence-electron chi connectivity index (χ4n) is 3.39. The van der Waals surface area contributed by atoms with Gasteiger partial charge in [-0.2, -0.15) is 0 Å². The lowest BCUT2D eigenvalue weighted by molar-refractivity contribution is 0.0772. The van der Waals surface area contributed by atoms with Crippen molar-refractivity contribution >= 4 is 0 Å². The van der Waals surface area contributed by atoms with Crippen LogP contribution in [0.2, 0.25) is 0 Å². The second-order valence-electron chi connectivity index (χ2n) is 7.77. The maximum Gasteiger partial charge on any atom is 0.0475 e. The van der Waals surface area contributed by atoms with Crippen molar-refractivity contribution in [1.29, 1.82) is 0 Å². The summed E-state index contributed by atoms with van der Waals surface area (Å²) in [6, 6.07) is 12.1. The number of piperidine rings is 1. The molecule has 2 rings (SSSR count). The van der Waals surface area contributed by atoms with Crippen molar-refractivity contribution in [2.24, 2.45) is 5.92 Å². The zero-order valence-electron chi connectivity index (χ0n) is 14.4. The summed E-state index contributed by atoms with van der Waals surface area (Å²) in [5.74, 6) is 0.864. The lowest BCUT2D eigenvalue weighted by Gasteiger charge is -2.43. The normalized spacial score (nSPS) is 25.8. The number of nitrogens with one attached hydrogen (secondary N) is 1. The van der Waals surface area contributed by atoms with E-state index in [1.165, 1.54) is 24.9 Å². The summed E-state index contributed by atoms with van der Waals surface area (Å²) in [4.78, 5) is 2.70. The van der Waals surface area contributed by atoms with Crippen LogP contribution >= 0.6 is 0 Å². The largest absolute Gasteiger partial charge is 0.310 e. The molecule has 3 atom stereocenters. The van der Waals surface area contributed by atoms with Crippen LogP contribution in [-0.4, -0.2) is 29.6 Å². The number of rotatable bonds is 4. The molecule has 21 heavy (non-hydrogen) atoms. The molecule has 0 aromatic heterocycles. The molecule has 118 valence electrons. The number of nitrogens with zero attached hydrogens (tertiary/aromatic N) is 1. The third kappa shape index (κ3) is 4.82. The van der Waals surface area contributed by atoms with Crippen LogP contribution in [0.5, 0.6) is 0 Å². The highest BCUT2D eigenvalue weighted by atomic mass is 15.2. The standard InChI is InChI=1S/C19H32N2/c1-15-11-12-21(16(2)13-15)18(14-20-19(3,4)5)17-9-7-6-8-10-17/h6-10,15-16,18,20H,11-14H2,1-5H3. The minimum atomic E-state index is 0.166. The molecule has 1 fully saturated rings. The molecule has 2 heteroatoms. The molecule has 2 nitrogen and oxygen atoms in total. The molecule has 1 aromatic carbocycles. The first-order chi connectivity index (χ1) is 9.87. The van der Waals surface area contributed by atoms with Gasteiger partial charge in [0.05, 0.1) is 0 Å². The Morgan fingerprint density at radius 3 is 2.43 bits per heavy atom. The van der Waals surface area contributed by atoms with Crippen LogP contribution in [0, 0.1) is 5.92 Å². The fraction of sp³-hybridized carbons (Fsp3) is 0.684. The Hall–Kier alpha value is -0.860. The monoisotopic (exact) mass is 288 g/mol. The maximum atomic E-state index is 3.71. The molecular weight excluding hydrogens is 256 g/mol. The molecule has 1 aliphatic heterocycles. The first kappa shape index (κ1) is 16.5. The molecule has 1 heterocycles. The Bertz CT molecular complexity index is 421. The van der Waals surface area contributed by atoms with Crippen LogP contribution in [0.1, 0.15) is 59.1 Å². The van der Waals surface area contributed by atoms with Gasteiger partial charge >= 0.3 is 0 Å². The van der Waals surface area contributed by atoms with Gasteiger partial charge in [0.15, 0.2) is 0 Å². The van der Waals surface area contributed by atoms with Crippen molar-refractivity contribution in [2.75, 3.05) is 13.1 Å². The second-order valence-corrected chi connectivity index (χ2v) is 7.77. The fourth-order valence-corrected chi connectivity index (χ4v) is 3.39. The quantitative estimate of drug-likeness (QED) is 0.891. The molecule has 1 saturated heterocycles. The zero-order chi connectivity index (χ0) is 15.5.